The van der Waals surface area contributed by atoms with Gasteiger partial charge in [0, 0.05) is 50.0 Å². The number of anilines is 2. The summed E-state index contributed by atoms with van der Waals surface area (Å²) in [5.74, 6) is 0.947. The van der Waals surface area contributed by atoms with E-state index in [0.717, 1.165) is 57.1 Å². The average Bonchev–Trinajstić information content (AvgIpc) is 2.77. The van der Waals surface area contributed by atoms with Crippen molar-refractivity contribution >= 4 is 17.3 Å². The molecule has 2 heterocycles. The number of para-hydroxylation sites is 1. The Labute approximate surface area is 173 Å². The Morgan fingerprint density at radius 2 is 1.72 bits per heavy atom. The summed E-state index contributed by atoms with van der Waals surface area (Å²) in [5, 5.41) is 2.93. The van der Waals surface area contributed by atoms with Gasteiger partial charge in [-0.2, -0.15) is 0 Å². The lowest BCUT2D eigenvalue weighted by Crippen LogP contribution is -2.46. The molecule has 5 heteroatoms. The fraction of sp³-hybridized carbons (Fsp3) is 0.458. The van der Waals surface area contributed by atoms with Crippen LogP contribution in [-0.2, 0) is 11.2 Å². The van der Waals surface area contributed by atoms with E-state index in [-0.39, 0.29) is 5.91 Å². The monoisotopic (exact) mass is 393 g/mol. The molecule has 0 aromatic heterocycles. The molecule has 29 heavy (non-hydrogen) atoms. The molecule has 0 bridgehead atoms. The van der Waals surface area contributed by atoms with Crippen molar-refractivity contribution < 1.29 is 9.53 Å². The van der Waals surface area contributed by atoms with Crippen LogP contribution in [0.25, 0.3) is 0 Å². The van der Waals surface area contributed by atoms with E-state index in [0.29, 0.717) is 6.42 Å². The zero-order valence-electron chi connectivity index (χ0n) is 17.1. The summed E-state index contributed by atoms with van der Waals surface area (Å²) >= 11 is 0. The molecule has 0 radical (unpaired) electrons. The first-order valence-corrected chi connectivity index (χ1v) is 10.9. The molecule has 1 N–H and O–H groups in total. The van der Waals surface area contributed by atoms with Crippen LogP contribution in [0.5, 0.6) is 5.75 Å². The van der Waals surface area contributed by atoms with Gasteiger partial charge in [-0.05, 0) is 56.0 Å². The largest absolute Gasteiger partial charge is 0.494 e. The van der Waals surface area contributed by atoms with E-state index in [9.17, 15) is 4.79 Å². The van der Waals surface area contributed by atoms with Gasteiger partial charge in [-0.15, -0.1) is 0 Å². The summed E-state index contributed by atoms with van der Waals surface area (Å²) < 4.78 is 5.89. The highest BCUT2D eigenvalue weighted by Crippen LogP contribution is 2.27. The number of benzene rings is 2. The highest BCUT2D eigenvalue weighted by Gasteiger charge is 2.17. The molecule has 2 aliphatic heterocycles. The second kappa shape index (κ2) is 9.79. The van der Waals surface area contributed by atoms with Crippen LogP contribution in [0.3, 0.4) is 0 Å². The van der Waals surface area contributed by atoms with Crippen molar-refractivity contribution in [1.29, 1.82) is 0 Å². The van der Waals surface area contributed by atoms with E-state index in [2.05, 4.69) is 51.5 Å². The van der Waals surface area contributed by atoms with Crippen molar-refractivity contribution in [2.24, 2.45) is 0 Å². The van der Waals surface area contributed by atoms with Gasteiger partial charge < -0.3 is 15.0 Å². The fourth-order valence-corrected chi connectivity index (χ4v) is 4.11. The number of hydrogen-bond acceptors (Lipinski definition) is 4. The Bertz CT molecular complexity index is 801. The van der Waals surface area contributed by atoms with E-state index in [1.54, 1.807) is 0 Å². The van der Waals surface area contributed by atoms with Crippen LogP contribution in [0, 0.1) is 0 Å². The maximum Gasteiger partial charge on any atom is 0.224 e. The molecule has 1 saturated heterocycles. The summed E-state index contributed by atoms with van der Waals surface area (Å²) in [7, 11) is 0. The average molecular weight is 394 g/mol. The fourth-order valence-electron chi connectivity index (χ4n) is 4.11. The van der Waals surface area contributed by atoms with Gasteiger partial charge in [0.1, 0.15) is 5.75 Å². The number of nitrogens with one attached hydrogen (secondary N) is 1. The zero-order chi connectivity index (χ0) is 19.9. The number of ether oxygens (including phenoxy) is 1. The second-order valence-corrected chi connectivity index (χ2v) is 7.94. The van der Waals surface area contributed by atoms with Gasteiger partial charge in [-0.1, -0.05) is 24.3 Å². The van der Waals surface area contributed by atoms with Crippen LogP contribution in [0.4, 0.5) is 11.4 Å². The normalized spacial score (nSPS) is 17.0. The van der Waals surface area contributed by atoms with Gasteiger partial charge in [0.05, 0.1) is 6.61 Å². The van der Waals surface area contributed by atoms with Crippen molar-refractivity contribution in [3.8, 4) is 5.75 Å². The van der Waals surface area contributed by atoms with Gasteiger partial charge in [0.25, 0.3) is 0 Å². The van der Waals surface area contributed by atoms with Gasteiger partial charge in [-0.3, -0.25) is 9.69 Å². The molecule has 0 spiro atoms. The SMILES string of the molecule is O=C1CCc2ccc(OCCCCCN3CCN(c4ccccc4)CC3)cc2N1. The van der Waals surface area contributed by atoms with E-state index < -0.39 is 0 Å². The predicted molar refractivity (Wildman–Crippen MR) is 118 cm³/mol. The predicted octanol–water partition coefficient (Wildman–Crippen LogP) is 3.94. The van der Waals surface area contributed by atoms with Crippen molar-refractivity contribution in [3.63, 3.8) is 0 Å². The number of rotatable bonds is 8. The standard InChI is InChI=1S/C24H31N3O2/c28-24-12-10-20-9-11-22(19-23(20)25-24)29-18-6-2-5-13-26-14-16-27(17-15-26)21-7-3-1-4-8-21/h1,3-4,7-9,11,19H,2,5-6,10,12-18H2,(H,25,28). The first kappa shape index (κ1) is 19.8. The van der Waals surface area contributed by atoms with Crippen LogP contribution in [-0.4, -0.2) is 50.1 Å². The molecule has 0 atom stereocenters. The van der Waals surface area contributed by atoms with Crippen molar-refractivity contribution in [3.05, 3.63) is 54.1 Å². The summed E-state index contributed by atoms with van der Waals surface area (Å²) in [6, 6.07) is 16.7. The molecule has 0 aliphatic carbocycles. The minimum atomic E-state index is 0.0965. The Morgan fingerprint density at radius 1 is 0.897 bits per heavy atom. The van der Waals surface area contributed by atoms with Crippen LogP contribution >= 0.6 is 0 Å². The molecule has 1 fully saturated rings. The molecular weight excluding hydrogens is 362 g/mol. The maximum atomic E-state index is 11.5. The Morgan fingerprint density at radius 3 is 2.55 bits per heavy atom. The van der Waals surface area contributed by atoms with Crippen molar-refractivity contribution in [2.45, 2.75) is 32.1 Å². The maximum absolute atomic E-state index is 11.5. The van der Waals surface area contributed by atoms with Crippen molar-refractivity contribution in [2.75, 3.05) is 49.5 Å². The van der Waals surface area contributed by atoms with Gasteiger partial charge in [0.15, 0.2) is 0 Å². The minimum Gasteiger partial charge on any atom is -0.494 e. The third kappa shape index (κ3) is 5.51. The molecule has 0 saturated carbocycles. The number of aryl methyl sites for hydroxylation is 1. The van der Waals surface area contributed by atoms with Gasteiger partial charge >= 0.3 is 0 Å². The molecule has 4 rings (SSSR count). The Kier molecular flexibility index (Phi) is 6.67. The van der Waals surface area contributed by atoms with E-state index in [1.165, 1.54) is 30.6 Å². The molecule has 5 nitrogen and oxygen atoms in total. The van der Waals surface area contributed by atoms with Crippen LogP contribution < -0.4 is 15.0 Å². The number of unbranched alkanes of at least 4 members (excludes halogenated alkanes) is 2. The van der Waals surface area contributed by atoms with Gasteiger partial charge in [-0.25, -0.2) is 0 Å². The lowest BCUT2D eigenvalue weighted by atomic mass is 10.0. The molecule has 2 aromatic rings. The van der Waals surface area contributed by atoms with Crippen LogP contribution in [0.2, 0.25) is 0 Å². The number of carbonyl (C=O) groups excluding carboxylic acids is 1. The first-order chi connectivity index (χ1) is 14.3. The Hall–Kier alpha value is -2.53. The Balaban J connectivity index is 1.09. The van der Waals surface area contributed by atoms with Crippen LogP contribution in [0.15, 0.2) is 48.5 Å². The highest BCUT2D eigenvalue weighted by atomic mass is 16.5. The second-order valence-electron chi connectivity index (χ2n) is 7.94. The van der Waals surface area contributed by atoms with E-state index in [1.807, 2.05) is 12.1 Å². The number of carbonyl (C=O) groups is 1. The smallest absolute Gasteiger partial charge is 0.224 e. The summed E-state index contributed by atoms with van der Waals surface area (Å²) in [4.78, 5) is 16.6. The lowest BCUT2D eigenvalue weighted by molar-refractivity contribution is -0.116. The number of hydrogen-bond donors (Lipinski definition) is 1. The van der Waals surface area contributed by atoms with Crippen LogP contribution in [0.1, 0.15) is 31.2 Å². The number of fused-ring (bicyclic) bond motifs is 1. The van der Waals surface area contributed by atoms with E-state index >= 15 is 0 Å². The zero-order valence-corrected chi connectivity index (χ0v) is 17.1. The third-order valence-electron chi connectivity index (χ3n) is 5.86. The third-order valence-corrected chi connectivity index (χ3v) is 5.86. The number of piperazine rings is 1. The molecule has 2 aromatic carbocycles. The minimum absolute atomic E-state index is 0.0965. The lowest BCUT2D eigenvalue weighted by Gasteiger charge is -2.36. The van der Waals surface area contributed by atoms with Crippen molar-refractivity contribution in [1.82, 2.24) is 4.90 Å². The number of nitrogens with zero attached hydrogens (tertiary/aromatic N) is 2. The summed E-state index contributed by atoms with van der Waals surface area (Å²) in [5.41, 5.74) is 3.45. The topological polar surface area (TPSA) is 44.8 Å². The van der Waals surface area contributed by atoms with E-state index in [4.69, 9.17) is 4.74 Å². The molecular formula is C24H31N3O2. The first-order valence-electron chi connectivity index (χ1n) is 10.9. The quantitative estimate of drug-likeness (QED) is 0.690. The number of amides is 1. The molecule has 2 aliphatic rings. The molecule has 1 amide bonds. The summed E-state index contributed by atoms with van der Waals surface area (Å²) in [6.07, 6.45) is 4.86. The van der Waals surface area contributed by atoms with Gasteiger partial charge in [0.2, 0.25) is 5.91 Å². The highest BCUT2D eigenvalue weighted by molar-refractivity contribution is 5.94. The summed E-state index contributed by atoms with van der Waals surface area (Å²) in [6.45, 7) is 6.42. The molecule has 154 valence electrons. The molecule has 0 unspecified atom stereocenters.